The van der Waals surface area contributed by atoms with Crippen molar-refractivity contribution in [1.82, 2.24) is 9.80 Å². The number of piperazine rings is 1. The maximum absolute atomic E-state index is 13.7. The Kier molecular flexibility index (Phi) is 7.13. The molecule has 37 heavy (non-hydrogen) atoms. The number of ether oxygens (including phenoxy) is 1. The minimum atomic E-state index is -0.222. The van der Waals surface area contributed by atoms with Crippen LogP contribution in [0.5, 0.6) is 0 Å². The summed E-state index contributed by atoms with van der Waals surface area (Å²) in [7, 11) is 0. The van der Waals surface area contributed by atoms with Crippen molar-refractivity contribution >= 4 is 5.57 Å². The summed E-state index contributed by atoms with van der Waals surface area (Å²) >= 11 is 0. The van der Waals surface area contributed by atoms with E-state index in [0.717, 1.165) is 50.1 Å². The van der Waals surface area contributed by atoms with Crippen molar-refractivity contribution in [3.05, 3.63) is 137 Å². The molecule has 0 N–H and O–H groups in total. The van der Waals surface area contributed by atoms with Crippen LogP contribution in [0.2, 0.25) is 0 Å². The van der Waals surface area contributed by atoms with Gasteiger partial charge in [0.05, 0.1) is 12.6 Å². The smallest absolute Gasteiger partial charge is 0.137 e. The molecule has 1 fully saturated rings. The van der Waals surface area contributed by atoms with E-state index in [0.29, 0.717) is 6.61 Å². The Morgan fingerprint density at radius 2 is 1.59 bits per heavy atom. The molecule has 1 heterocycles. The lowest BCUT2D eigenvalue weighted by atomic mass is 9.89. The number of hydrogen-bond acceptors (Lipinski definition) is 3. The zero-order valence-corrected chi connectivity index (χ0v) is 21.1. The van der Waals surface area contributed by atoms with Crippen LogP contribution in [-0.4, -0.2) is 36.0 Å². The van der Waals surface area contributed by atoms with Crippen molar-refractivity contribution in [3.63, 3.8) is 0 Å². The fourth-order valence-corrected chi connectivity index (χ4v) is 5.82. The van der Waals surface area contributed by atoms with Crippen molar-refractivity contribution in [3.8, 4) is 0 Å². The van der Waals surface area contributed by atoms with E-state index in [9.17, 15) is 4.39 Å². The molecule has 0 amide bonds. The Bertz CT molecular complexity index is 1300. The maximum Gasteiger partial charge on any atom is 0.137 e. The lowest BCUT2D eigenvalue weighted by Crippen LogP contribution is -2.49. The summed E-state index contributed by atoms with van der Waals surface area (Å²) in [5, 5.41) is 0. The Morgan fingerprint density at radius 3 is 2.41 bits per heavy atom. The average molecular weight is 493 g/mol. The third kappa shape index (κ3) is 5.24. The molecule has 0 bridgehead atoms. The van der Waals surface area contributed by atoms with Gasteiger partial charge in [-0.1, -0.05) is 91.0 Å². The topological polar surface area (TPSA) is 15.7 Å². The summed E-state index contributed by atoms with van der Waals surface area (Å²) in [5.41, 5.74) is 7.76. The third-order valence-electron chi connectivity index (χ3n) is 7.75. The first-order valence-corrected chi connectivity index (χ1v) is 13.3. The lowest BCUT2D eigenvalue weighted by Gasteiger charge is -2.42. The van der Waals surface area contributed by atoms with Crippen molar-refractivity contribution in [1.29, 1.82) is 0 Å². The molecule has 0 spiro atoms. The number of allylic oxidation sites excluding steroid dienone is 5. The van der Waals surface area contributed by atoms with Gasteiger partial charge in [0, 0.05) is 26.2 Å². The minimum Gasteiger partial charge on any atom is -0.354 e. The van der Waals surface area contributed by atoms with Gasteiger partial charge in [0.1, 0.15) is 12.0 Å². The molecular formula is C33H33FN2O. The van der Waals surface area contributed by atoms with E-state index < -0.39 is 0 Å². The van der Waals surface area contributed by atoms with Crippen molar-refractivity contribution in [2.24, 2.45) is 0 Å². The van der Waals surface area contributed by atoms with E-state index in [1.807, 2.05) is 30.3 Å². The lowest BCUT2D eigenvalue weighted by molar-refractivity contribution is -0.0896. The van der Waals surface area contributed by atoms with E-state index in [-0.39, 0.29) is 18.1 Å². The van der Waals surface area contributed by atoms with Gasteiger partial charge in [-0.15, -0.1) is 0 Å². The summed E-state index contributed by atoms with van der Waals surface area (Å²) < 4.78 is 20.2. The second-order valence-corrected chi connectivity index (χ2v) is 10.0. The molecule has 1 saturated heterocycles. The highest BCUT2D eigenvalue weighted by Gasteiger charge is 2.31. The third-order valence-corrected chi connectivity index (χ3v) is 7.75. The van der Waals surface area contributed by atoms with Gasteiger partial charge in [-0.3, -0.25) is 9.80 Å². The summed E-state index contributed by atoms with van der Waals surface area (Å²) in [6.45, 7) is 4.17. The molecule has 188 valence electrons. The highest BCUT2D eigenvalue weighted by atomic mass is 19.1. The van der Waals surface area contributed by atoms with Gasteiger partial charge in [0.2, 0.25) is 0 Å². The fourth-order valence-electron chi connectivity index (χ4n) is 5.82. The number of fused-ring (bicyclic) bond motifs is 2. The number of hydrogen-bond donors (Lipinski definition) is 0. The SMILES string of the molecule is Fc1ccc(C(OCc2ccccc2)N2CCN(C3C=CC4=C(CCC=C4)c4ccccc43)CC2)cc1. The normalized spacial score (nSPS) is 20.8. The average Bonchev–Trinajstić information content (AvgIpc) is 3.12. The number of benzene rings is 3. The number of rotatable bonds is 6. The highest BCUT2D eigenvalue weighted by Crippen LogP contribution is 2.39. The van der Waals surface area contributed by atoms with Crippen LogP contribution in [0.4, 0.5) is 4.39 Å². The molecule has 6 rings (SSSR count). The van der Waals surface area contributed by atoms with Crippen LogP contribution < -0.4 is 0 Å². The number of nitrogens with zero attached hydrogens (tertiary/aromatic N) is 2. The van der Waals surface area contributed by atoms with Gasteiger partial charge >= 0.3 is 0 Å². The van der Waals surface area contributed by atoms with Gasteiger partial charge in [-0.2, -0.15) is 0 Å². The molecular weight excluding hydrogens is 459 g/mol. The quantitative estimate of drug-likeness (QED) is 0.366. The first-order valence-electron chi connectivity index (χ1n) is 13.3. The van der Waals surface area contributed by atoms with Crippen LogP contribution in [-0.2, 0) is 11.3 Å². The first kappa shape index (κ1) is 24.1. The molecule has 3 aliphatic rings. The molecule has 3 aromatic rings. The summed E-state index contributed by atoms with van der Waals surface area (Å²) in [6, 6.07) is 26.2. The predicted molar refractivity (Wildman–Crippen MR) is 147 cm³/mol. The van der Waals surface area contributed by atoms with E-state index in [1.165, 1.54) is 34.4 Å². The summed E-state index contributed by atoms with van der Waals surface area (Å²) in [4.78, 5) is 4.98. The van der Waals surface area contributed by atoms with Crippen LogP contribution >= 0.6 is 0 Å². The van der Waals surface area contributed by atoms with E-state index >= 15 is 0 Å². The van der Waals surface area contributed by atoms with Crippen molar-refractivity contribution in [2.45, 2.75) is 31.7 Å². The van der Waals surface area contributed by atoms with E-state index in [4.69, 9.17) is 4.74 Å². The molecule has 0 aromatic heterocycles. The molecule has 4 heteroatoms. The highest BCUT2D eigenvalue weighted by molar-refractivity contribution is 5.78. The Morgan fingerprint density at radius 1 is 0.838 bits per heavy atom. The largest absolute Gasteiger partial charge is 0.354 e. The van der Waals surface area contributed by atoms with Crippen molar-refractivity contribution < 1.29 is 9.13 Å². The molecule has 3 aromatic carbocycles. The molecule has 0 saturated carbocycles. The second-order valence-electron chi connectivity index (χ2n) is 10.0. The maximum atomic E-state index is 13.7. The van der Waals surface area contributed by atoms with Crippen LogP contribution in [0.15, 0.2) is 109 Å². The van der Waals surface area contributed by atoms with Gasteiger partial charge in [0.15, 0.2) is 0 Å². The Balaban J connectivity index is 1.20. The minimum absolute atomic E-state index is 0.209. The summed E-state index contributed by atoms with van der Waals surface area (Å²) in [5.74, 6) is -0.222. The molecule has 2 aliphatic carbocycles. The van der Waals surface area contributed by atoms with Gasteiger partial charge in [-0.25, -0.2) is 4.39 Å². The predicted octanol–water partition coefficient (Wildman–Crippen LogP) is 7.07. The van der Waals surface area contributed by atoms with E-state index in [1.54, 1.807) is 0 Å². The zero-order chi connectivity index (χ0) is 25.0. The standard InChI is InChI=1S/C33H33FN2O/c34-28-17-14-27(15-18-28)33(37-24-25-8-2-1-3-9-25)36-22-20-35(21-23-36)32-19-16-26-10-4-5-11-29(26)30-12-6-7-13-31(30)32/h1-4,6-10,12-19,32-33H,5,11,20-24H2. The monoisotopic (exact) mass is 492 g/mol. The molecule has 1 aliphatic heterocycles. The van der Waals surface area contributed by atoms with Crippen LogP contribution in [0.1, 0.15) is 47.4 Å². The Hall–Kier alpha value is -3.31. The molecule has 2 atom stereocenters. The van der Waals surface area contributed by atoms with Crippen LogP contribution in [0.25, 0.3) is 5.57 Å². The Labute approximate surface area is 219 Å². The van der Waals surface area contributed by atoms with Gasteiger partial charge in [0.25, 0.3) is 0 Å². The molecule has 0 radical (unpaired) electrons. The first-order chi connectivity index (χ1) is 18.3. The van der Waals surface area contributed by atoms with E-state index in [2.05, 4.69) is 70.5 Å². The van der Waals surface area contributed by atoms with Crippen LogP contribution in [0, 0.1) is 5.82 Å². The summed E-state index contributed by atoms with van der Waals surface area (Å²) in [6.07, 6.45) is 11.3. The number of halogens is 1. The molecule has 3 nitrogen and oxygen atoms in total. The van der Waals surface area contributed by atoms with Gasteiger partial charge in [-0.05, 0) is 58.4 Å². The molecule has 2 unspecified atom stereocenters. The van der Waals surface area contributed by atoms with Gasteiger partial charge < -0.3 is 4.74 Å². The second kappa shape index (κ2) is 11.0. The zero-order valence-electron chi connectivity index (χ0n) is 21.1. The van der Waals surface area contributed by atoms with Crippen molar-refractivity contribution in [2.75, 3.05) is 26.2 Å². The van der Waals surface area contributed by atoms with Crippen LogP contribution in [0.3, 0.4) is 0 Å². The fraction of sp³-hybridized carbons (Fsp3) is 0.273.